The SMILES string of the molecule is Cc1cccc([C@H](C)c2nccn2C(=O)OCc2ccc(F)c(F)c2)c1C. The molecule has 27 heavy (non-hydrogen) atoms. The fourth-order valence-electron chi connectivity index (χ4n) is 3.02. The number of rotatable bonds is 4. The number of hydrogen-bond donors (Lipinski definition) is 0. The summed E-state index contributed by atoms with van der Waals surface area (Å²) >= 11 is 0. The van der Waals surface area contributed by atoms with Crippen LogP contribution in [0.1, 0.15) is 40.9 Å². The van der Waals surface area contributed by atoms with Crippen LogP contribution in [0.3, 0.4) is 0 Å². The van der Waals surface area contributed by atoms with Crippen LogP contribution in [0.15, 0.2) is 48.8 Å². The average Bonchev–Trinajstić information content (AvgIpc) is 3.14. The summed E-state index contributed by atoms with van der Waals surface area (Å²) in [6.07, 6.45) is 2.45. The number of hydrogen-bond acceptors (Lipinski definition) is 3. The highest BCUT2D eigenvalue weighted by molar-refractivity contribution is 5.71. The van der Waals surface area contributed by atoms with E-state index in [0.717, 1.165) is 23.3 Å². The quantitative estimate of drug-likeness (QED) is 0.641. The molecular weight excluding hydrogens is 350 g/mol. The lowest BCUT2D eigenvalue weighted by Gasteiger charge is -2.17. The number of nitrogens with zero attached hydrogens (tertiary/aromatic N) is 2. The highest BCUT2D eigenvalue weighted by Crippen LogP contribution is 2.27. The largest absolute Gasteiger partial charge is 0.444 e. The Labute approximate surface area is 156 Å². The predicted molar refractivity (Wildman–Crippen MR) is 97.6 cm³/mol. The van der Waals surface area contributed by atoms with Gasteiger partial charge < -0.3 is 4.74 Å². The Morgan fingerprint density at radius 2 is 1.96 bits per heavy atom. The summed E-state index contributed by atoms with van der Waals surface area (Å²) in [5.74, 6) is -1.48. The number of ether oxygens (including phenoxy) is 1. The van der Waals surface area contributed by atoms with Crippen LogP contribution in [0.2, 0.25) is 0 Å². The standard InChI is InChI=1S/C21H20F2N2O2/c1-13-5-4-6-17(14(13)2)15(3)20-24-9-10-25(20)21(26)27-12-16-7-8-18(22)19(23)11-16/h4-11,15H,12H2,1-3H3/t15-/m0/s1. The van der Waals surface area contributed by atoms with Crippen LogP contribution in [0.4, 0.5) is 13.6 Å². The van der Waals surface area contributed by atoms with Crippen LogP contribution in [0, 0.1) is 25.5 Å². The number of aryl methyl sites for hydroxylation is 1. The molecule has 1 aromatic heterocycles. The molecule has 0 saturated heterocycles. The zero-order valence-corrected chi connectivity index (χ0v) is 15.4. The van der Waals surface area contributed by atoms with Crippen molar-refractivity contribution in [1.82, 2.24) is 9.55 Å². The third-order valence-electron chi connectivity index (χ3n) is 4.71. The van der Waals surface area contributed by atoms with Crippen molar-refractivity contribution in [2.75, 3.05) is 0 Å². The first kappa shape index (κ1) is 18.8. The fourth-order valence-corrected chi connectivity index (χ4v) is 3.02. The summed E-state index contributed by atoms with van der Waals surface area (Å²) in [5.41, 5.74) is 3.76. The van der Waals surface area contributed by atoms with E-state index >= 15 is 0 Å². The summed E-state index contributed by atoms with van der Waals surface area (Å²) in [4.78, 5) is 16.8. The zero-order valence-electron chi connectivity index (χ0n) is 15.4. The van der Waals surface area contributed by atoms with Crippen molar-refractivity contribution in [3.8, 4) is 0 Å². The Hall–Kier alpha value is -3.02. The van der Waals surface area contributed by atoms with E-state index in [0.29, 0.717) is 11.4 Å². The minimum Gasteiger partial charge on any atom is -0.444 e. The van der Waals surface area contributed by atoms with Crippen molar-refractivity contribution < 1.29 is 18.3 Å². The lowest BCUT2D eigenvalue weighted by Crippen LogP contribution is -2.18. The van der Waals surface area contributed by atoms with Crippen molar-refractivity contribution in [2.45, 2.75) is 33.3 Å². The summed E-state index contributed by atoms with van der Waals surface area (Å²) in [7, 11) is 0. The van der Waals surface area contributed by atoms with Crippen LogP contribution in [0.25, 0.3) is 0 Å². The molecule has 0 saturated carbocycles. The zero-order chi connectivity index (χ0) is 19.6. The molecule has 0 unspecified atom stereocenters. The number of benzene rings is 2. The predicted octanol–water partition coefficient (Wildman–Crippen LogP) is 5.11. The summed E-state index contributed by atoms with van der Waals surface area (Å²) in [5, 5.41) is 0. The molecule has 0 radical (unpaired) electrons. The van der Waals surface area contributed by atoms with Gasteiger partial charge in [0.05, 0.1) is 0 Å². The number of halogens is 2. The highest BCUT2D eigenvalue weighted by Gasteiger charge is 2.20. The molecule has 3 aromatic rings. The topological polar surface area (TPSA) is 44.1 Å². The highest BCUT2D eigenvalue weighted by atomic mass is 19.2. The molecule has 0 amide bonds. The third kappa shape index (κ3) is 3.89. The fraction of sp³-hybridized carbons (Fsp3) is 0.238. The first-order chi connectivity index (χ1) is 12.9. The van der Waals surface area contributed by atoms with Gasteiger partial charge >= 0.3 is 6.09 Å². The molecule has 0 aliphatic heterocycles. The van der Waals surface area contributed by atoms with Gasteiger partial charge in [0.25, 0.3) is 0 Å². The van der Waals surface area contributed by atoms with Crippen molar-refractivity contribution in [2.24, 2.45) is 0 Å². The molecule has 1 heterocycles. The van der Waals surface area contributed by atoms with E-state index in [-0.39, 0.29) is 12.5 Å². The molecule has 0 spiro atoms. The lowest BCUT2D eigenvalue weighted by atomic mass is 9.93. The van der Waals surface area contributed by atoms with Gasteiger partial charge in [-0.2, -0.15) is 0 Å². The van der Waals surface area contributed by atoms with Gasteiger partial charge in [-0.25, -0.2) is 23.1 Å². The molecule has 4 nitrogen and oxygen atoms in total. The van der Waals surface area contributed by atoms with Gasteiger partial charge in [-0.15, -0.1) is 0 Å². The minimum atomic E-state index is -0.976. The van der Waals surface area contributed by atoms with Crippen LogP contribution in [-0.4, -0.2) is 15.6 Å². The van der Waals surface area contributed by atoms with E-state index in [1.807, 2.05) is 39.0 Å². The Morgan fingerprint density at radius 3 is 2.70 bits per heavy atom. The third-order valence-corrected chi connectivity index (χ3v) is 4.71. The molecule has 0 aliphatic carbocycles. The molecule has 6 heteroatoms. The molecule has 1 atom stereocenters. The number of carbonyl (C=O) groups excluding carboxylic acids is 1. The number of imidazole rings is 1. The summed E-state index contributed by atoms with van der Waals surface area (Å²) < 4.78 is 32.8. The van der Waals surface area contributed by atoms with Crippen LogP contribution < -0.4 is 0 Å². The Bertz CT molecular complexity index is 982. The maximum absolute atomic E-state index is 13.3. The second-order valence-electron chi connectivity index (χ2n) is 6.47. The molecule has 2 aromatic carbocycles. The maximum atomic E-state index is 13.3. The molecule has 140 valence electrons. The lowest BCUT2D eigenvalue weighted by molar-refractivity contribution is 0.140. The Morgan fingerprint density at radius 1 is 1.19 bits per heavy atom. The smallest absolute Gasteiger partial charge is 0.419 e. The van der Waals surface area contributed by atoms with E-state index in [9.17, 15) is 13.6 Å². The van der Waals surface area contributed by atoms with Crippen molar-refractivity contribution in [3.63, 3.8) is 0 Å². The van der Waals surface area contributed by atoms with Crippen molar-refractivity contribution >= 4 is 6.09 Å². The van der Waals surface area contributed by atoms with Crippen molar-refractivity contribution in [1.29, 1.82) is 0 Å². The van der Waals surface area contributed by atoms with Crippen LogP contribution in [-0.2, 0) is 11.3 Å². The molecule has 0 N–H and O–H groups in total. The van der Waals surface area contributed by atoms with Gasteiger partial charge in [0.2, 0.25) is 0 Å². The van der Waals surface area contributed by atoms with Gasteiger partial charge in [-0.3, -0.25) is 0 Å². The van der Waals surface area contributed by atoms with E-state index in [2.05, 4.69) is 4.98 Å². The summed E-state index contributed by atoms with van der Waals surface area (Å²) in [6.45, 7) is 5.89. The van der Waals surface area contributed by atoms with Gasteiger partial charge in [-0.1, -0.05) is 31.2 Å². The second kappa shape index (κ2) is 7.70. The van der Waals surface area contributed by atoms with Gasteiger partial charge in [0.1, 0.15) is 12.4 Å². The Balaban J connectivity index is 1.78. The molecule has 0 bridgehead atoms. The summed E-state index contributed by atoms with van der Waals surface area (Å²) in [6, 6.07) is 9.41. The van der Waals surface area contributed by atoms with Gasteiger partial charge in [0.15, 0.2) is 11.6 Å². The van der Waals surface area contributed by atoms with Crippen LogP contribution in [0.5, 0.6) is 0 Å². The van der Waals surface area contributed by atoms with Gasteiger partial charge in [0, 0.05) is 18.3 Å². The molecule has 0 fully saturated rings. The monoisotopic (exact) mass is 370 g/mol. The van der Waals surface area contributed by atoms with E-state index < -0.39 is 17.7 Å². The van der Waals surface area contributed by atoms with Crippen molar-refractivity contribution in [3.05, 3.63) is 88.5 Å². The number of carbonyl (C=O) groups is 1. The minimum absolute atomic E-state index is 0.115. The van der Waals surface area contributed by atoms with Crippen LogP contribution >= 0.6 is 0 Å². The maximum Gasteiger partial charge on any atom is 0.419 e. The normalized spacial score (nSPS) is 12.0. The Kier molecular flexibility index (Phi) is 5.35. The van der Waals surface area contributed by atoms with E-state index in [1.165, 1.54) is 28.6 Å². The number of aromatic nitrogens is 2. The molecule has 0 aliphatic rings. The second-order valence-corrected chi connectivity index (χ2v) is 6.47. The molecular formula is C21H20F2N2O2. The van der Waals surface area contributed by atoms with E-state index in [1.54, 1.807) is 0 Å². The first-order valence-corrected chi connectivity index (χ1v) is 8.59. The average molecular weight is 370 g/mol. The molecule has 3 rings (SSSR count). The first-order valence-electron chi connectivity index (χ1n) is 8.59. The van der Waals surface area contributed by atoms with Gasteiger partial charge in [-0.05, 0) is 48.2 Å². The van der Waals surface area contributed by atoms with E-state index in [4.69, 9.17) is 4.74 Å².